The number of carboxylic acids is 1. The monoisotopic (exact) mass is 260 g/mol. The summed E-state index contributed by atoms with van der Waals surface area (Å²) in [5.74, 6) is -1.48. The van der Waals surface area contributed by atoms with Crippen molar-refractivity contribution in [2.45, 2.75) is 13.8 Å². The SMILES string of the molecule is Cc1ccc(F)c(Oc2ccc(C)cc2C(=O)O)c1. The third-order valence-electron chi connectivity index (χ3n) is 2.67. The molecule has 2 aromatic rings. The second-order valence-corrected chi connectivity index (χ2v) is 4.34. The van der Waals surface area contributed by atoms with Gasteiger partial charge in [0.15, 0.2) is 11.6 Å². The molecule has 1 N–H and O–H groups in total. The molecular weight excluding hydrogens is 247 g/mol. The Hall–Kier alpha value is -2.36. The van der Waals surface area contributed by atoms with E-state index in [2.05, 4.69) is 0 Å². The lowest BCUT2D eigenvalue weighted by atomic mass is 10.1. The van der Waals surface area contributed by atoms with Gasteiger partial charge in [0, 0.05) is 0 Å². The Bertz CT molecular complexity index is 635. The van der Waals surface area contributed by atoms with E-state index in [0.29, 0.717) is 0 Å². The lowest BCUT2D eigenvalue weighted by molar-refractivity contribution is 0.0694. The van der Waals surface area contributed by atoms with Crippen molar-refractivity contribution in [1.29, 1.82) is 0 Å². The number of ether oxygens (including phenoxy) is 1. The molecule has 0 bridgehead atoms. The van der Waals surface area contributed by atoms with Gasteiger partial charge in [0.25, 0.3) is 0 Å². The zero-order valence-corrected chi connectivity index (χ0v) is 10.6. The quantitative estimate of drug-likeness (QED) is 0.909. The van der Waals surface area contributed by atoms with E-state index in [1.54, 1.807) is 26.0 Å². The van der Waals surface area contributed by atoms with Crippen molar-refractivity contribution in [1.82, 2.24) is 0 Å². The minimum absolute atomic E-state index is 0.0147. The van der Waals surface area contributed by atoms with E-state index >= 15 is 0 Å². The van der Waals surface area contributed by atoms with Gasteiger partial charge in [-0.3, -0.25) is 0 Å². The highest BCUT2D eigenvalue weighted by Crippen LogP contribution is 2.29. The van der Waals surface area contributed by atoms with Gasteiger partial charge in [0.2, 0.25) is 0 Å². The fourth-order valence-electron chi connectivity index (χ4n) is 1.71. The van der Waals surface area contributed by atoms with Crippen LogP contribution in [0.15, 0.2) is 36.4 Å². The minimum Gasteiger partial charge on any atom is -0.478 e. The summed E-state index contributed by atoms with van der Waals surface area (Å²) < 4.78 is 19.0. The summed E-state index contributed by atoms with van der Waals surface area (Å²) in [6.45, 7) is 3.59. The molecule has 4 heteroatoms. The van der Waals surface area contributed by atoms with Crippen LogP contribution in [-0.4, -0.2) is 11.1 Å². The molecular formula is C15H13FO3. The van der Waals surface area contributed by atoms with Crippen molar-refractivity contribution < 1.29 is 19.0 Å². The summed E-state index contributed by atoms with van der Waals surface area (Å²) in [6, 6.07) is 9.18. The van der Waals surface area contributed by atoms with Crippen LogP contribution in [0.2, 0.25) is 0 Å². The molecule has 0 saturated heterocycles. The number of rotatable bonds is 3. The van der Waals surface area contributed by atoms with Crippen LogP contribution >= 0.6 is 0 Å². The molecule has 0 spiro atoms. The van der Waals surface area contributed by atoms with Gasteiger partial charge in [-0.25, -0.2) is 9.18 Å². The van der Waals surface area contributed by atoms with Crippen LogP contribution in [0.25, 0.3) is 0 Å². The molecule has 19 heavy (non-hydrogen) atoms. The number of aromatic carboxylic acids is 1. The van der Waals surface area contributed by atoms with Crippen LogP contribution < -0.4 is 4.74 Å². The third-order valence-corrected chi connectivity index (χ3v) is 2.67. The van der Waals surface area contributed by atoms with Crippen molar-refractivity contribution in [3.8, 4) is 11.5 Å². The first-order valence-corrected chi connectivity index (χ1v) is 5.75. The highest BCUT2D eigenvalue weighted by molar-refractivity contribution is 5.91. The third kappa shape index (κ3) is 2.91. The Morgan fingerprint density at radius 2 is 1.68 bits per heavy atom. The molecule has 2 rings (SSSR count). The Balaban J connectivity index is 2.43. The number of hydrogen-bond acceptors (Lipinski definition) is 2. The summed E-state index contributed by atoms with van der Waals surface area (Å²) in [4.78, 5) is 11.1. The molecule has 98 valence electrons. The standard InChI is InChI=1S/C15H13FO3/c1-9-4-6-13(11(7-9)15(17)18)19-14-8-10(2)3-5-12(14)16/h3-8H,1-2H3,(H,17,18). The van der Waals surface area contributed by atoms with E-state index in [1.807, 2.05) is 0 Å². The molecule has 0 aliphatic carbocycles. The average molecular weight is 260 g/mol. The number of benzene rings is 2. The van der Waals surface area contributed by atoms with Gasteiger partial charge in [0.1, 0.15) is 11.3 Å². The maximum absolute atomic E-state index is 13.6. The lowest BCUT2D eigenvalue weighted by Crippen LogP contribution is -2.01. The summed E-state index contributed by atoms with van der Waals surface area (Å²) in [5, 5.41) is 9.12. The summed E-state index contributed by atoms with van der Waals surface area (Å²) >= 11 is 0. The van der Waals surface area contributed by atoms with Gasteiger partial charge >= 0.3 is 5.97 Å². The van der Waals surface area contributed by atoms with Crippen LogP contribution in [0.3, 0.4) is 0 Å². The predicted octanol–water partition coefficient (Wildman–Crippen LogP) is 3.93. The molecule has 0 fully saturated rings. The Labute approximate surface area is 110 Å². The number of aryl methyl sites for hydroxylation is 2. The molecule has 0 amide bonds. The number of hydrogen-bond donors (Lipinski definition) is 1. The maximum Gasteiger partial charge on any atom is 0.339 e. The van der Waals surface area contributed by atoms with Crippen molar-refractivity contribution in [2.24, 2.45) is 0 Å². The normalized spacial score (nSPS) is 10.3. The lowest BCUT2D eigenvalue weighted by Gasteiger charge is -2.10. The molecule has 0 heterocycles. The molecule has 2 aromatic carbocycles. The van der Waals surface area contributed by atoms with E-state index in [9.17, 15) is 9.18 Å². The Morgan fingerprint density at radius 3 is 2.37 bits per heavy atom. The van der Waals surface area contributed by atoms with Gasteiger partial charge in [0.05, 0.1) is 0 Å². The molecule has 0 aliphatic heterocycles. The van der Waals surface area contributed by atoms with Gasteiger partial charge in [-0.1, -0.05) is 17.7 Å². The number of halogens is 1. The smallest absolute Gasteiger partial charge is 0.339 e. The van der Waals surface area contributed by atoms with Crippen LogP contribution in [0.4, 0.5) is 4.39 Å². The molecule has 3 nitrogen and oxygen atoms in total. The minimum atomic E-state index is -1.10. The van der Waals surface area contributed by atoms with Crippen LogP contribution in [0, 0.1) is 19.7 Å². The first-order chi connectivity index (χ1) is 8.97. The zero-order chi connectivity index (χ0) is 14.0. The predicted molar refractivity (Wildman–Crippen MR) is 69.3 cm³/mol. The van der Waals surface area contributed by atoms with Crippen molar-refractivity contribution in [3.05, 3.63) is 58.9 Å². The molecule has 0 radical (unpaired) electrons. The van der Waals surface area contributed by atoms with Gasteiger partial charge in [-0.15, -0.1) is 0 Å². The Kier molecular flexibility index (Phi) is 3.51. The van der Waals surface area contributed by atoms with E-state index in [-0.39, 0.29) is 17.1 Å². The molecule has 0 aliphatic rings. The maximum atomic E-state index is 13.6. The van der Waals surface area contributed by atoms with E-state index in [1.165, 1.54) is 24.3 Å². The van der Waals surface area contributed by atoms with E-state index < -0.39 is 11.8 Å². The van der Waals surface area contributed by atoms with Gasteiger partial charge < -0.3 is 9.84 Å². The first kappa shape index (κ1) is 13.1. The van der Waals surface area contributed by atoms with E-state index in [4.69, 9.17) is 9.84 Å². The van der Waals surface area contributed by atoms with Crippen molar-refractivity contribution in [2.75, 3.05) is 0 Å². The zero-order valence-electron chi connectivity index (χ0n) is 10.6. The summed E-state index contributed by atoms with van der Waals surface area (Å²) in [5.41, 5.74) is 1.65. The van der Waals surface area contributed by atoms with Crippen molar-refractivity contribution in [3.63, 3.8) is 0 Å². The van der Waals surface area contributed by atoms with Crippen molar-refractivity contribution >= 4 is 5.97 Å². The summed E-state index contributed by atoms with van der Waals surface area (Å²) in [7, 11) is 0. The number of carbonyl (C=O) groups is 1. The second-order valence-electron chi connectivity index (χ2n) is 4.34. The molecule has 0 unspecified atom stereocenters. The number of carboxylic acid groups (broad SMARTS) is 1. The topological polar surface area (TPSA) is 46.5 Å². The molecule has 0 atom stereocenters. The fourth-order valence-corrected chi connectivity index (χ4v) is 1.71. The van der Waals surface area contributed by atoms with Crippen LogP contribution in [0.1, 0.15) is 21.5 Å². The Morgan fingerprint density at radius 1 is 1.05 bits per heavy atom. The van der Waals surface area contributed by atoms with E-state index in [0.717, 1.165) is 11.1 Å². The van der Waals surface area contributed by atoms with Gasteiger partial charge in [-0.05, 0) is 43.7 Å². The van der Waals surface area contributed by atoms with Crippen LogP contribution in [0.5, 0.6) is 11.5 Å². The highest BCUT2D eigenvalue weighted by atomic mass is 19.1. The molecule has 0 aromatic heterocycles. The highest BCUT2D eigenvalue weighted by Gasteiger charge is 2.14. The second kappa shape index (κ2) is 5.10. The van der Waals surface area contributed by atoms with Crippen LogP contribution in [-0.2, 0) is 0 Å². The average Bonchev–Trinajstić information content (AvgIpc) is 2.35. The van der Waals surface area contributed by atoms with Gasteiger partial charge in [-0.2, -0.15) is 0 Å². The molecule has 0 saturated carbocycles. The summed E-state index contributed by atoms with van der Waals surface area (Å²) in [6.07, 6.45) is 0. The largest absolute Gasteiger partial charge is 0.478 e. The first-order valence-electron chi connectivity index (χ1n) is 5.75. The fraction of sp³-hybridized carbons (Fsp3) is 0.133.